The molecule has 2 aliphatic carbocycles. The van der Waals surface area contributed by atoms with Gasteiger partial charge in [0.05, 0.1) is 0 Å². The third kappa shape index (κ3) is 1.97. The predicted molar refractivity (Wildman–Crippen MR) is 95.4 cm³/mol. The number of rotatable bonds is 1. The van der Waals surface area contributed by atoms with Crippen molar-refractivity contribution in [1.29, 1.82) is 0 Å². The van der Waals surface area contributed by atoms with Crippen molar-refractivity contribution in [2.45, 2.75) is 52.9 Å². The Kier molecular flexibility index (Phi) is 3.04. The zero-order chi connectivity index (χ0) is 15.4. The Balaban J connectivity index is 2.05. The van der Waals surface area contributed by atoms with Crippen LogP contribution in [0.1, 0.15) is 59.6 Å². The minimum Gasteiger partial charge on any atom is -0.0655 e. The summed E-state index contributed by atoms with van der Waals surface area (Å²) < 4.78 is 0. The van der Waals surface area contributed by atoms with Crippen molar-refractivity contribution < 1.29 is 0 Å². The highest BCUT2D eigenvalue weighted by molar-refractivity contribution is 5.85. The molecule has 1 unspecified atom stereocenters. The molecule has 0 nitrogen and oxygen atoms in total. The molecule has 0 radical (unpaired) electrons. The molecule has 0 fully saturated rings. The first kappa shape index (κ1) is 13.8. The molecular formula is C22H24. The number of allylic oxidation sites excluding steroid dienone is 1. The quantitative estimate of drug-likeness (QED) is 0.605. The van der Waals surface area contributed by atoms with Gasteiger partial charge in [-0.2, -0.15) is 0 Å². The van der Waals surface area contributed by atoms with E-state index in [2.05, 4.69) is 58.0 Å². The number of fused-ring (bicyclic) bond motifs is 2. The molecule has 0 amide bonds. The Morgan fingerprint density at radius 2 is 1.64 bits per heavy atom. The summed E-state index contributed by atoms with van der Waals surface area (Å²) in [5, 5.41) is 0. The van der Waals surface area contributed by atoms with Crippen molar-refractivity contribution in [3.8, 4) is 11.1 Å². The van der Waals surface area contributed by atoms with E-state index in [-0.39, 0.29) is 0 Å². The zero-order valence-electron chi connectivity index (χ0n) is 14.1. The Bertz CT molecular complexity index is 785. The van der Waals surface area contributed by atoms with Gasteiger partial charge in [0.1, 0.15) is 0 Å². The van der Waals surface area contributed by atoms with E-state index in [0.29, 0.717) is 5.92 Å². The monoisotopic (exact) mass is 288 g/mol. The SMILES string of the molecule is CC1=Cc2c(cc3c(c2-c2cc(C)cc(C)c2)CCC3)C1C. The van der Waals surface area contributed by atoms with E-state index < -0.39 is 0 Å². The highest BCUT2D eigenvalue weighted by Gasteiger charge is 2.27. The molecular weight excluding hydrogens is 264 g/mol. The number of benzene rings is 2. The van der Waals surface area contributed by atoms with Gasteiger partial charge in [0.2, 0.25) is 0 Å². The second kappa shape index (κ2) is 4.84. The van der Waals surface area contributed by atoms with E-state index >= 15 is 0 Å². The molecule has 2 aromatic rings. The number of aryl methyl sites for hydroxylation is 3. The predicted octanol–water partition coefficient (Wildman–Crippen LogP) is 5.98. The van der Waals surface area contributed by atoms with E-state index in [1.54, 1.807) is 16.7 Å². The van der Waals surface area contributed by atoms with E-state index in [1.807, 2.05) is 0 Å². The van der Waals surface area contributed by atoms with Gasteiger partial charge in [0, 0.05) is 5.92 Å². The Labute approximate surface area is 133 Å². The standard InChI is InChI=1S/C22H24/c1-13-8-14(2)10-18(9-13)22-19-7-5-6-17(19)12-20-16(4)15(3)11-21(20)22/h8-12,16H,5-7H2,1-4H3. The molecule has 0 aliphatic heterocycles. The molecule has 1 atom stereocenters. The first-order chi connectivity index (χ1) is 10.5. The fraction of sp³-hybridized carbons (Fsp3) is 0.364. The summed E-state index contributed by atoms with van der Waals surface area (Å²) >= 11 is 0. The lowest BCUT2D eigenvalue weighted by atomic mass is 9.86. The van der Waals surface area contributed by atoms with Gasteiger partial charge in [-0.1, -0.05) is 54.0 Å². The highest BCUT2D eigenvalue weighted by atomic mass is 14.3. The summed E-state index contributed by atoms with van der Waals surface area (Å²) in [5.74, 6) is 0.575. The van der Waals surface area contributed by atoms with Gasteiger partial charge in [0.25, 0.3) is 0 Å². The topological polar surface area (TPSA) is 0 Å². The third-order valence-electron chi connectivity index (χ3n) is 5.50. The molecule has 0 bridgehead atoms. The van der Waals surface area contributed by atoms with Crippen LogP contribution in [0.2, 0.25) is 0 Å². The summed E-state index contributed by atoms with van der Waals surface area (Å²) in [6.07, 6.45) is 6.25. The van der Waals surface area contributed by atoms with Crippen LogP contribution in [-0.2, 0) is 12.8 Å². The normalized spacial score (nSPS) is 19.1. The average Bonchev–Trinajstić information content (AvgIpc) is 3.01. The molecule has 2 aliphatic rings. The molecule has 22 heavy (non-hydrogen) atoms. The van der Waals surface area contributed by atoms with E-state index in [9.17, 15) is 0 Å². The molecule has 0 saturated heterocycles. The summed E-state index contributed by atoms with van der Waals surface area (Å²) in [4.78, 5) is 0. The van der Waals surface area contributed by atoms with E-state index in [0.717, 1.165) is 0 Å². The van der Waals surface area contributed by atoms with Crippen molar-refractivity contribution in [2.24, 2.45) is 0 Å². The van der Waals surface area contributed by atoms with Gasteiger partial charge in [0.15, 0.2) is 0 Å². The third-order valence-corrected chi connectivity index (χ3v) is 5.50. The van der Waals surface area contributed by atoms with E-state index in [1.165, 1.54) is 52.7 Å². The fourth-order valence-corrected chi connectivity index (χ4v) is 4.34. The molecule has 0 spiro atoms. The first-order valence-electron chi connectivity index (χ1n) is 8.50. The van der Waals surface area contributed by atoms with Gasteiger partial charge >= 0.3 is 0 Å². The summed E-state index contributed by atoms with van der Waals surface area (Å²) in [6, 6.07) is 9.51. The molecule has 0 heteroatoms. The summed E-state index contributed by atoms with van der Waals surface area (Å²) in [5.41, 5.74) is 13.4. The second-order valence-electron chi connectivity index (χ2n) is 7.23. The van der Waals surface area contributed by atoms with Crippen molar-refractivity contribution in [3.63, 3.8) is 0 Å². The minimum absolute atomic E-state index is 0.575. The number of hydrogen-bond acceptors (Lipinski definition) is 0. The van der Waals surface area contributed by atoms with Crippen molar-refractivity contribution in [1.82, 2.24) is 0 Å². The van der Waals surface area contributed by atoms with Gasteiger partial charge in [-0.15, -0.1) is 0 Å². The lowest BCUT2D eigenvalue weighted by molar-refractivity contribution is 0.904. The second-order valence-corrected chi connectivity index (χ2v) is 7.23. The maximum Gasteiger partial charge on any atom is 0.00266 e. The lowest BCUT2D eigenvalue weighted by Crippen LogP contribution is -1.99. The molecule has 2 aromatic carbocycles. The molecule has 0 heterocycles. The van der Waals surface area contributed by atoms with Gasteiger partial charge in [-0.3, -0.25) is 0 Å². The van der Waals surface area contributed by atoms with Crippen LogP contribution >= 0.6 is 0 Å². The van der Waals surface area contributed by atoms with Gasteiger partial charge in [-0.25, -0.2) is 0 Å². The molecule has 0 aromatic heterocycles. The van der Waals surface area contributed by atoms with Gasteiger partial charge < -0.3 is 0 Å². The van der Waals surface area contributed by atoms with Crippen LogP contribution in [0.15, 0.2) is 29.8 Å². The Morgan fingerprint density at radius 1 is 0.909 bits per heavy atom. The fourth-order valence-electron chi connectivity index (χ4n) is 4.34. The Morgan fingerprint density at radius 3 is 2.36 bits per heavy atom. The highest BCUT2D eigenvalue weighted by Crippen LogP contribution is 2.46. The molecule has 112 valence electrons. The van der Waals surface area contributed by atoms with E-state index in [4.69, 9.17) is 0 Å². The molecule has 0 saturated carbocycles. The van der Waals surface area contributed by atoms with Crippen LogP contribution in [-0.4, -0.2) is 0 Å². The Hall–Kier alpha value is -1.82. The minimum atomic E-state index is 0.575. The van der Waals surface area contributed by atoms with Crippen molar-refractivity contribution in [2.75, 3.05) is 0 Å². The zero-order valence-corrected chi connectivity index (χ0v) is 14.1. The molecule has 0 N–H and O–H groups in total. The smallest absolute Gasteiger partial charge is 0.00266 e. The van der Waals surface area contributed by atoms with Crippen LogP contribution in [0.5, 0.6) is 0 Å². The number of hydrogen-bond donors (Lipinski definition) is 0. The lowest BCUT2D eigenvalue weighted by Gasteiger charge is -2.17. The average molecular weight is 288 g/mol. The maximum atomic E-state index is 2.50. The van der Waals surface area contributed by atoms with Crippen molar-refractivity contribution in [3.05, 3.63) is 63.2 Å². The maximum absolute atomic E-state index is 2.50. The largest absolute Gasteiger partial charge is 0.0655 e. The van der Waals surface area contributed by atoms with Crippen LogP contribution in [0.25, 0.3) is 17.2 Å². The van der Waals surface area contributed by atoms with Crippen LogP contribution in [0.3, 0.4) is 0 Å². The summed E-state index contributed by atoms with van der Waals surface area (Å²) in [7, 11) is 0. The van der Waals surface area contributed by atoms with Crippen LogP contribution in [0, 0.1) is 13.8 Å². The molecule has 4 rings (SSSR count). The first-order valence-corrected chi connectivity index (χ1v) is 8.50. The van der Waals surface area contributed by atoms with Crippen LogP contribution in [0.4, 0.5) is 0 Å². The van der Waals surface area contributed by atoms with Crippen LogP contribution < -0.4 is 0 Å². The van der Waals surface area contributed by atoms with Gasteiger partial charge in [-0.05, 0) is 73.4 Å². The van der Waals surface area contributed by atoms with Crippen molar-refractivity contribution >= 4 is 6.08 Å². The summed E-state index contributed by atoms with van der Waals surface area (Å²) in [6.45, 7) is 9.05.